The van der Waals surface area contributed by atoms with Crippen molar-refractivity contribution < 1.29 is 4.79 Å². The van der Waals surface area contributed by atoms with Gasteiger partial charge in [-0.1, -0.05) is 11.3 Å². The Morgan fingerprint density at radius 3 is 2.80 bits per heavy atom. The Kier molecular flexibility index (Phi) is 4.16. The molecule has 0 spiro atoms. The molecule has 0 radical (unpaired) electrons. The van der Waals surface area contributed by atoms with Crippen LogP contribution in [0.2, 0.25) is 0 Å². The highest BCUT2D eigenvalue weighted by molar-refractivity contribution is 7.13. The maximum atomic E-state index is 11.4. The predicted octanol–water partition coefficient (Wildman–Crippen LogP) is 1.25. The summed E-state index contributed by atoms with van der Waals surface area (Å²) in [5.41, 5.74) is 1.63. The number of hydrogen-bond acceptors (Lipinski definition) is 5. The van der Waals surface area contributed by atoms with Gasteiger partial charge in [-0.3, -0.25) is 4.79 Å². The van der Waals surface area contributed by atoms with Crippen molar-refractivity contribution in [2.45, 2.75) is 32.7 Å². The summed E-state index contributed by atoms with van der Waals surface area (Å²) in [5.74, 6) is -0.0384. The lowest BCUT2D eigenvalue weighted by Gasteiger charge is -2.19. The van der Waals surface area contributed by atoms with Gasteiger partial charge in [0.15, 0.2) is 0 Å². The summed E-state index contributed by atoms with van der Waals surface area (Å²) >= 11 is 1.32. The fourth-order valence-corrected chi connectivity index (χ4v) is 1.42. The molecule has 1 heterocycles. The molecule has 5 nitrogen and oxygen atoms in total. The Hall–Kier alpha value is -1.01. The summed E-state index contributed by atoms with van der Waals surface area (Å²) in [4.78, 5) is 11.4. The van der Waals surface area contributed by atoms with Gasteiger partial charge < -0.3 is 10.6 Å². The number of rotatable bonds is 4. The Bertz CT molecular complexity index is 304. The highest BCUT2D eigenvalue weighted by Gasteiger charge is 2.10. The van der Waals surface area contributed by atoms with E-state index in [4.69, 9.17) is 0 Å². The van der Waals surface area contributed by atoms with E-state index in [0.717, 1.165) is 0 Å². The van der Waals surface area contributed by atoms with Crippen LogP contribution in [0.4, 0.5) is 5.13 Å². The van der Waals surface area contributed by atoms with E-state index < -0.39 is 0 Å². The van der Waals surface area contributed by atoms with Crippen LogP contribution in [-0.4, -0.2) is 28.2 Å². The van der Waals surface area contributed by atoms with Crippen LogP contribution < -0.4 is 10.6 Å². The zero-order chi connectivity index (χ0) is 11.3. The van der Waals surface area contributed by atoms with Gasteiger partial charge in [0.1, 0.15) is 5.51 Å². The summed E-state index contributed by atoms with van der Waals surface area (Å²) in [5, 5.41) is 13.8. The molecule has 1 rings (SSSR count). The van der Waals surface area contributed by atoms with Crippen LogP contribution in [0.3, 0.4) is 0 Å². The van der Waals surface area contributed by atoms with Gasteiger partial charge in [0.25, 0.3) is 0 Å². The Morgan fingerprint density at radius 2 is 2.27 bits per heavy atom. The van der Waals surface area contributed by atoms with Crippen molar-refractivity contribution in [3.05, 3.63) is 5.51 Å². The number of aromatic nitrogens is 2. The topological polar surface area (TPSA) is 66.9 Å². The van der Waals surface area contributed by atoms with E-state index in [1.807, 2.05) is 0 Å². The van der Waals surface area contributed by atoms with Crippen LogP contribution in [0.5, 0.6) is 0 Å². The van der Waals surface area contributed by atoms with E-state index in [0.29, 0.717) is 18.1 Å². The Balaban J connectivity index is 2.20. The van der Waals surface area contributed by atoms with Crippen molar-refractivity contribution in [2.75, 3.05) is 11.9 Å². The molecule has 1 amide bonds. The quantitative estimate of drug-likeness (QED) is 0.814. The lowest BCUT2D eigenvalue weighted by Crippen LogP contribution is -2.37. The van der Waals surface area contributed by atoms with Crippen molar-refractivity contribution in [1.29, 1.82) is 0 Å². The van der Waals surface area contributed by atoms with Crippen molar-refractivity contribution in [2.24, 2.45) is 0 Å². The summed E-state index contributed by atoms with van der Waals surface area (Å²) < 4.78 is 0. The Morgan fingerprint density at radius 1 is 1.53 bits per heavy atom. The van der Waals surface area contributed by atoms with Gasteiger partial charge >= 0.3 is 0 Å². The maximum absolute atomic E-state index is 11.4. The van der Waals surface area contributed by atoms with Crippen LogP contribution in [0.25, 0.3) is 0 Å². The third-order valence-corrected chi connectivity index (χ3v) is 2.22. The highest BCUT2D eigenvalue weighted by Crippen LogP contribution is 2.08. The molecule has 0 saturated carbocycles. The molecule has 6 heteroatoms. The van der Waals surface area contributed by atoms with Crippen LogP contribution >= 0.6 is 11.3 Å². The van der Waals surface area contributed by atoms with Gasteiger partial charge in [0, 0.05) is 18.5 Å². The van der Waals surface area contributed by atoms with Crippen LogP contribution in [0.15, 0.2) is 5.51 Å². The molecule has 0 aliphatic heterocycles. The number of carbonyl (C=O) groups is 1. The molecular formula is C9H16N4OS. The second kappa shape index (κ2) is 5.18. The van der Waals surface area contributed by atoms with Crippen molar-refractivity contribution in [3.8, 4) is 0 Å². The molecule has 1 aromatic heterocycles. The average molecular weight is 228 g/mol. The van der Waals surface area contributed by atoms with Crippen LogP contribution in [0, 0.1) is 0 Å². The number of hydrogen-bond donors (Lipinski definition) is 2. The minimum atomic E-state index is -0.0384. The van der Waals surface area contributed by atoms with E-state index in [9.17, 15) is 4.79 Å². The number of amides is 1. The first kappa shape index (κ1) is 12.1. The lowest BCUT2D eigenvalue weighted by atomic mass is 10.1. The molecule has 0 bridgehead atoms. The molecule has 0 unspecified atom stereocenters. The summed E-state index contributed by atoms with van der Waals surface area (Å²) in [6, 6.07) is 0. The van der Waals surface area contributed by atoms with E-state index in [1.54, 1.807) is 5.51 Å². The number of anilines is 1. The molecule has 0 aliphatic carbocycles. The van der Waals surface area contributed by atoms with Gasteiger partial charge in [-0.25, -0.2) is 0 Å². The van der Waals surface area contributed by atoms with Gasteiger partial charge in [-0.15, -0.1) is 10.2 Å². The molecule has 0 atom stereocenters. The first-order valence-corrected chi connectivity index (χ1v) is 5.66. The average Bonchev–Trinajstić information content (AvgIpc) is 2.54. The molecule has 0 aromatic carbocycles. The molecule has 84 valence electrons. The molecule has 1 aromatic rings. The molecule has 15 heavy (non-hydrogen) atoms. The monoisotopic (exact) mass is 228 g/mol. The predicted molar refractivity (Wildman–Crippen MR) is 60.9 cm³/mol. The largest absolute Gasteiger partial charge is 0.312 e. The molecular weight excluding hydrogens is 212 g/mol. The standard InChI is InChI=1S/C9H16N4OS/c1-9(2,3)10-5-4-7(14)12-8-13-11-6-15-8/h6,10H,4-5H2,1-3H3,(H,12,13,14). The third kappa shape index (κ3) is 5.44. The lowest BCUT2D eigenvalue weighted by molar-refractivity contribution is -0.116. The van der Waals surface area contributed by atoms with E-state index in [2.05, 4.69) is 41.6 Å². The fraction of sp³-hybridized carbons (Fsp3) is 0.667. The van der Waals surface area contributed by atoms with Crippen molar-refractivity contribution in [1.82, 2.24) is 15.5 Å². The second-order valence-electron chi connectivity index (χ2n) is 4.22. The number of carbonyl (C=O) groups excluding carboxylic acids is 1. The van der Waals surface area contributed by atoms with Crippen molar-refractivity contribution >= 4 is 22.4 Å². The molecule has 0 saturated heterocycles. The Labute approximate surface area is 93.3 Å². The minimum absolute atomic E-state index is 0.0384. The van der Waals surface area contributed by atoms with Gasteiger partial charge in [-0.2, -0.15) is 0 Å². The van der Waals surface area contributed by atoms with Crippen LogP contribution in [0.1, 0.15) is 27.2 Å². The number of nitrogens with zero attached hydrogens (tertiary/aromatic N) is 2. The smallest absolute Gasteiger partial charge is 0.227 e. The van der Waals surface area contributed by atoms with Crippen molar-refractivity contribution in [3.63, 3.8) is 0 Å². The molecule has 0 aliphatic rings. The fourth-order valence-electron chi connectivity index (χ4n) is 0.960. The van der Waals surface area contributed by atoms with E-state index in [-0.39, 0.29) is 11.4 Å². The van der Waals surface area contributed by atoms with Crippen LogP contribution in [-0.2, 0) is 4.79 Å². The van der Waals surface area contributed by atoms with E-state index >= 15 is 0 Å². The molecule has 2 N–H and O–H groups in total. The van der Waals surface area contributed by atoms with Gasteiger partial charge in [0.05, 0.1) is 0 Å². The SMILES string of the molecule is CC(C)(C)NCCC(=O)Nc1nncs1. The minimum Gasteiger partial charge on any atom is -0.312 e. The normalized spacial score (nSPS) is 11.4. The highest BCUT2D eigenvalue weighted by atomic mass is 32.1. The summed E-state index contributed by atoms with van der Waals surface area (Å²) in [6.07, 6.45) is 0.441. The third-order valence-electron chi connectivity index (χ3n) is 1.61. The maximum Gasteiger partial charge on any atom is 0.227 e. The van der Waals surface area contributed by atoms with Gasteiger partial charge in [0.2, 0.25) is 11.0 Å². The zero-order valence-corrected chi connectivity index (χ0v) is 10.0. The number of nitrogens with one attached hydrogen (secondary N) is 2. The summed E-state index contributed by atoms with van der Waals surface area (Å²) in [7, 11) is 0. The van der Waals surface area contributed by atoms with Gasteiger partial charge in [-0.05, 0) is 20.8 Å². The summed E-state index contributed by atoms with van der Waals surface area (Å²) in [6.45, 7) is 6.86. The second-order valence-corrected chi connectivity index (χ2v) is 5.05. The first-order chi connectivity index (χ1) is 6.97. The zero-order valence-electron chi connectivity index (χ0n) is 9.20. The first-order valence-electron chi connectivity index (χ1n) is 4.78. The molecule has 0 fully saturated rings. The van der Waals surface area contributed by atoms with E-state index in [1.165, 1.54) is 11.3 Å².